The number of aromatic nitrogens is 3. The Morgan fingerprint density at radius 1 is 1.08 bits per heavy atom. The van der Waals surface area contributed by atoms with E-state index in [0.717, 1.165) is 31.6 Å². The van der Waals surface area contributed by atoms with Gasteiger partial charge in [-0.2, -0.15) is 0 Å². The molecule has 0 radical (unpaired) electrons. The second-order valence-electron chi connectivity index (χ2n) is 6.44. The van der Waals surface area contributed by atoms with E-state index in [1.54, 1.807) is 12.3 Å². The number of likely N-dealkylation sites (tertiary alicyclic amines) is 1. The number of carbonyl (C=O) groups is 1. The van der Waals surface area contributed by atoms with E-state index in [4.69, 9.17) is 0 Å². The number of pyridine rings is 1. The van der Waals surface area contributed by atoms with Crippen LogP contribution >= 0.6 is 0 Å². The van der Waals surface area contributed by atoms with Crippen LogP contribution in [-0.4, -0.2) is 44.6 Å². The van der Waals surface area contributed by atoms with Gasteiger partial charge in [-0.1, -0.05) is 6.07 Å². The van der Waals surface area contributed by atoms with E-state index in [1.807, 2.05) is 41.3 Å². The second kappa shape index (κ2) is 7.03. The molecule has 3 heterocycles. The van der Waals surface area contributed by atoms with Gasteiger partial charge in [0.15, 0.2) is 5.65 Å². The summed E-state index contributed by atoms with van der Waals surface area (Å²) in [6.45, 7) is 2.75. The molecule has 0 atom stereocenters. The standard InChI is InChI=1S/C19H21N5O2/c25-18(22-11-3-4-12-22)15-6-8-16(9-7-15)20-10-14-24-19(26)23-13-2-1-5-17(23)21-24/h1-2,5-9,13,20H,3-4,10-12,14H2. The smallest absolute Gasteiger partial charge is 0.350 e. The van der Waals surface area contributed by atoms with Crippen molar-refractivity contribution in [3.05, 3.63) is 64.7 Å². The van der Waals surface area contributed by atoms with Crippen LogP contribution in [0.5, 0.6) is 0 Å². The molecular weight excluding hydrogens is 330 g/mol. The molecule has 1 aliphatic heterocycles. The topological polar surface area (TPSA) is 71.6 Å². The monoisotopic (exact) mass is 351 g/mol. The number of benzene rings is 1. The minimum Gasteiger partial charge on any atom is -0.383 e. The lowest BCUT2D eigenvalue weighted by molar-refractivity contribution is 0.0793. The first-order chi connectivity index (χ1) is 12.7. The van der Waals surface area contributed by atoms with Crippen LogP contribution in [0.3, 0.4) is 0 Å². The minimum absolute atomic E-state index is 0.102. The molecule has 7 nitrogen and oxygen atoms in total. The third kappa shape index (κ3) is 3.20. The summed E-state index contributed by atoms with van der Waals surface area (Å²) < 4.78 is 2.98. The fourth-order valence-corrected chi connectivity index (χ4v) is 3.25. The Bertz CT molecular complexity index is 968. The Hall–Kier alpha value is -3.09. The van der Waals surface area contributed by atoms with Gasteiger partial charge < -0.3 is 10.2 Å². The molecule has 2 aromatic heterocycles. The van der Waals surface area contributed by atoms with Crippen molar-refractivity contribution in [3.63, 3.8) is 0 Å². The minimum atomic E-state index is -0.144. The fourth-order valence-electron chi connectivity index (χ4n) is 3.25. The second-order valence-corrected chi connectivity index (χ2v) is 6.44. The molecule has 134 valence electrons. The third-order valence-corrected chi connectivity index (χ3v) is 4.67. The van der Waals surface area contributed by atoms with E-state index >= 15 is 0 Å². The Morgan fingerprint density at radius 3 is 2.58 bits per heavy atom. The molecule has 26 heavy (non-hydrogen) atoms. The summed E-state index contributed by atoms with van der Waals surface area (Å²) in [5.74, 6) is 0.102. The van der Waals surface area contributed by atoms with Crippen LogP contribution in [0.4, 0.5) is 5.69 Å². The van der Waals surface area contributed by atoms with Gasteiger partial charge in [-0.05, 0) is 49.2 Å². The predicted molar refractivity (Wildman–Crippen MR) is 99.5 cm³/mol. The maximum Gasteiger partial charge on any atom is 0.350 e. The number of rotatable bonds is 5. The molecule has 1 N–H and O–H groups in total. The average Bonchev–Trinajstić information content (AvgIpc) is 3.31. The number of anilines is 1. The Balaban J connectivity index is 1.36. The highest BCUT2D eigenvalue weighted by atomic mass is 16.2. The first kappa shape index (κ1) is 16.4. The van der Waals surface area contributed by atoms with E-state index in [-0.39, 0.29) is 11.6 Å². The Kier molecular flexibility index (Phi) is 4.43. The molecule has 1 aliphatic rings. The van der Waals surface area contributed by atoms with Crippen LogP contribution in [0.1, 0.15) is 23.2 Å². The van der Waals surface area contributed by atoms with Crippen LogP contribution in [0.2, 0.25) is 0 Å². The number of fused-ring (bicyclic) bond motifs is 1. The summed E-state index contributed by atoms with van der Waals surface area (Å²) >= 11 is 0. The van der Waals surface area contributed by atoms with Crippen molar-refractivity contribution in [3.8, 4) is 0 Å². The zero-order chi connectivity index (χ0) is 17.9. The van der Waals surface area contributed by atoms with Gasteiger partial charge >= 0.3 is 5.69 Å². The maximum absolute atomic E-state index is 12.3. The van der Waals surface area contributed by atoms with Crippen molar-refractivity contribution in [2.45, 2.75) is 19.4 Å². The number of nitrogens with one attached hydrogen (secondary N) is 1. The van der Waals surface area contributed by atoms with Crippen molar-refractivity contribution >= 4 is 17.2 Å². The predicted octanol–water partition coefficient (Wildman–Crippen LogP) is 1.84. The number of amides is 1. The van der Waals surface area contributed by atoms with Crippen LogP contribution in [-0.2, 0) is 6.54 Å². The first-order valence-electron chi connectivity index (χ1n) is 8.90. The molecule has 1 amide bonds. The van der Waals surface area contributed by atoms with Crippen LogP contribution in [0.15, 0.2) is 53.5 Å². The number of hydrogen-bond donors (Lipinski definition) is 1. The summed E-state index contributed by atoms with van der Waals surface area (Å²) in [7, 11) is 0. The largest absolute Gasteiger partial charge is 0.383 e. The van der Waals surface area contributed by atoms with E-state index < -0.39 is 0 Å². The van der Waals surface area contributed by atoms with Crippen molar-refractivity contribution in [1.29, 1.82) is 0 Å². The van der Waals surface area contributed by atoms with E-state index in [9.17, 15) is 9.59 Å². The lowest BCUT2D eigenvalue weighted by Gasteiger charge is -2.15. The first-order valence-corrected chi connectivity index (χ1v) is 8.90. The molecule has 4 rings (SSSR count). The highest BCUT2D eigenvalue weighted by Crippen LogP contribution is 2.15. The molecule has 0 bridgehead atoms. The summed E-state index contributed by atoms with van der Waals surface area (Å²) in [4.78, 5) is 26.4. The van der Waals surface area contributed by atoms with Crippen LogP contribution in [0.25, 0.3) is 5.65 Å². The van der Waals surface area contributed by atoms with Crippen molar-refractivity contribution in [2.75, 3.05) is 25.0 Å². The van der Waals surface area contributed by atoms with Gasteiger partial charge in [-0.25, -0.2) is 9.48 Å². The van der Waals surface area contributed by atoms with Gasteiger partial charge in [0.25, 0.3) is 5.91 Å². The summed E-state index contributed by atoms with van der Waals surface area (Å²) in [5, 5.41) is 7.57. The third-order valence-electron chi connectivity index (χ3n) is 4.67. The van der Waals surface area contributed by atoms with E-state index in [2.05, 4.69) is 10.4 Å². The quantitative estimate of drug-likeness (QED) is 0.761. The lowest BCUT2D eigenvalue weighted by atomic mass is 10.2. The Labute approximate surface area is 150 Å². The van der Waals surface area contributed by atoms with Crippen molar-refractivity contribution in [1.82, 2.24) is 19.1 Å². The molecule has 3 aromatic rings. The summed E-state index contributed by atoms with van der Waals surface area (Å²) in [6.07, 6.45) is 3.90. The molecule has 0 spiro atoms. The lowest BCUT2D eigenvalue weighted by Crippen LogP contribution is -2.27. The zero-order valence-electron chi connectivity index (χ0n) is 14.5. The van der Waals surface area contributed by atoms with E-state index in [1.165, 1.54) is 9.08 Å². The highest BCUT2D eigenvalue weighted by molar-refractivity contribution is 5.94. The van der Waals surface area contributed by atoms with Crippen LogP contribution in [0, 0.1) is 0 Å². The normalized spacial score (nSPS) is 14.1. The van der Waals surface area contributed by atoms with Gasteiger partial charge in [0.2, 0.25) is 0 Å². The zero-order valence-corrected chi connectivity index (χ0v) is 14.5. The number of carbonyl (C=O) groups excluding carboxylic acids is 1. The Morgan fingerprint density at radius 2 is 1.85 bits per heavy atom. The molecule has 1 aromatic carbocycles. The molecule has 0 aliphatic carbocycles. The summed E-state index contributed by atoms with van der Waals surface area (Å²) in [6, 6.07) is 13.0. The molecule has 0 saturated carbocycles. The van der Waals surface area contributed by atoms with Crippen molar-refractivity contribution < 1.29 is 4.79 Å². The van der Waals surface area contributed by atoms with Crippen molar-refractivity contribution in [2.24, 2.45) is 0 Å². The van der Waals surface area contributed by atoms with Gasteiger partial charge in [0.05, 0.1) is 6.54 Å². The highest BCUT2D eigenvalue weighted by Gasteiger charge is 2.19. The summed E-state index contributed by atoms with van der Waals surface area (Å²) in [5.41, 5.74) is 2.13. The molecule has 7 heteroatoms. The SMILES string of the molecule is O=C(c1ccc(NCCn2nc3ccccn3c2=O)cc1)N1CCCC1. The van der Waals surface area contributed by atoms with Gasteiger partial charge in [0, 0.05) is 37.1 Å². The van der Waals surface area contributed by atoms with Gasteiger partial charge in [-0.15, -0.1) is 5.10 Å². The number of hydrogen-bond acceptors (Lipinski definition) is 4. The molecule has 1 fully saturated rings. The van der Waals surface area contributed by atoms with Gasteiger partial charge in [0.1, 0.15) is 0 Å². The molecular formula is C19H21N5O2. The molecule has 1 saturated heterocycles. The average molecular weight is 351 g/mol. The van der Waals surface area contributed by atoms with E-state index in [0.29, 0.717) is 24.3 Å². The van der Waals surface area contributed by atoms with Gasteiger partial charge in [-0.3, -0.25) is 9.20 Å². The fraction of sp³-hybridized carbons (Fsp3) is 0.316. The van der Waals surface area contributed by atoms with Crippen LogP contribution < -0.4 is 11.0 Å². The maximum atomic E-state index is 12.3. The number of nitrogens with zero attached hydrogens (tertiary/aromatic N) is 4. The molecule has 0 unspecified atom stereocenters.